The highest BCUT2D eigenvalue weighted by Crippen LogP contribution is 2.30. The van der Waals surface area contributed by atoms with Crippen LogP contribution in [0, 0.1) is 5.82 Å². The second-order valence-electron chi connectivity index (χ2n) is 6.37. The van der Waals surface area contributed by atoms with Gasteiger partial charge >= 0.3 is 0 Å². The van der Waals surface area contributed by atoms with Gasteiger partial charge in [-0.2, -0.15) is 0 Å². The van der Waals surface area contributed by atoms with Crippen LogP contribution in [-0.4, -0.2) is 35.8 Å². The van der Waals surface area contributed by atoms with Crippen molar-refractivity contribution >= 4 is 35.6 Å². The summed E-state index contributed by atoms with van der Waals surface area (Å²) in [5.74, 6) is 1.58. The van der Waals surface area contributed by atoms with E-state index in [2.05, 4.69) is 20.6 Å². The van der Waals surface area contributed by atoms with Crippen LogP contribution in [0.4, 0.5) is 10.1 Å². The van der Waals surface area contributed by atoms with Crippen molar-refractivity contribution in [3.63, 3.8) is 0 Å². The van der Waals surface area contributed by atoms with Crippen LogP contribution >= 0.6 is 24.0 Å². The number of ether oxygens (including phenoxy) is 2. The van der Waals surface area contributed by atoms with E-state index in [4.69, 9.17) is 9.47 Å². The van der Waals surface area contributed by atoms with Crippen molar-refractivity contribution in [1.82, 2.24) is 14.9 Å². The fourth-order valence-corrected chi connectivity index (χ4v) is 2.90. The first-order valence-corrected chi connectivity index (χ1v) is 9.77. The molecule has 31 heavy (non-hydrogen) atoms. The molecule has 0 atom stereocenters. The monoisotopic (exact) mass is 539 g/mol. The zero-order chi connectivity index (χ0) is 21.3. The summed E-state index contributed by atoms with van der Waals surface area (Å²) in [5.41, 5.74) is 2.02. The maximum absolute atomic E-state index is 14.5. The van der Waals surface area contributed by atoms with Gasteiger partial charge in [0.2, 0.25) is 0 Å². The van der Waals surface area contributed by atoms with E-state index in [1.807, 2.05) is 38.1 Å². The molecule has 3 aromatic rings. The number of hydrogen-bond acceptors (Lipinski definition) is 4. The molecule has 1 heterocycles. The summed E-state index contributed by atoms with van der Waals surface area (Å²) in [7, 11) is 1.60. The maximum Gasteiger partial charge on any atom is 0.196 e. The highest BCUT2D eigenvalue weighted by atomic mass is 127. The summed E-state index contributed by atoms with van der Waals surface area (Å²) in [4.78, 5) is 8.52. The summed E-state index contributed by atoms with van der Waals surface area (Å²) < 4.78 is 27.0. The Morgan fingerprint density at radius 2 is 2.00 bits per heavy atom. The third-order valence-corrected chi connectivity index (χ3v) is 4.28. The van der Waals surface area contributed by atoms with Gasteiger partial charge in [0.05, 0.1) is 32.3 Å². The summed E-state index contributed by atoms with van der Waals surface area (Å²) >= 11 is 0. The van der Waals surface area contributed by atoms with E-state index in [0.717, 1.165) is 11.3 Å². The fourth-order valence-electron chi connectivity index (χ4n) is 2.90. The molecule has 2 aromatic carbocycles. The van der Waals surface area contributed by atoms with Crippen molar-refractivity contribution in [2.45, 2.75) is 20.4 Å². The van der Waals surface area contributed by atoms with Gasteiger partial charge in [0.15, 0.2) is 17.5 Å². The van der Waals surface area contributed by atoms with Crippen LogP contribution in [0.5, 0.6) is 11.5 Å². The largest absolute Gasteiger partial charge is 0.493 e. The molecule has 0 aliphatic heterocycles. The first-order chi connectivity index (χ1) is 14.6. The molecule has 0 saturated carbocycles. The smallest absolute Gasteiger partial charge is 0.196 e. The first-order valence-electron chi connectivity index (χ1n) is 9.77. The lowest BCUT2D eigenvalue weighted by atomic mass is 10.2. The Kier molecular flexibility index (Phi) is 9.57. The predicted octanol–water partition coefficient (Wildman–Crippen LogP) is 4.61. The number of benzene rings is 2. The van der Waals surface area contributed by atoms with Crippen LogP contribution < -0.4 is 20.1 Å². The van der Waals surface area contributed by atoms with Gasteiger partial charge in [0, 0.05) is 30.7 Å². The van der Waals surface area contributed by atoms with E-state index in [-0.39, 0.29) is 29.8 Å². The van der Waals surface area contributed by atoms with E-state index in [1.165, 1.54) is 6.07 Å². The third kappa shape index (κ3) is 6.58. The highest BCUT2D eigenvalue weighted by molar-refractivity contribution is 14.0. The summed E-state index contributed by atoms with van der Waals surface area (Å²) in [6.45, 7) is 5.45. The van der Waals surface area contributed by atoms with Crippen LogP contribution in [0.3, 0.4) is 0 Å². The minimum Gasteiger partial charge on any atom is -0.493 e. The van der Waals surface area contributed by atoms with Crippen molar-refractivity contribution in [2.75, 3.05) is 25.6 Å². The lowest BCUT2D eigenvalue weighted by Gasteiger charge is -2.14. The van der Waals surface area contributed by atoms with Gasteiger partial charge in [-0.25, -0.2) is 14.4 Å². The predicted molar refractivity (Wildman–Crippen MR) is 132 cm³/mol. The zero-order valence-electron chi connectivity index (χ0n) is 17.8. The van der Waals surface area contributed by atoms with Gasteiger partial charge in [-0.3, -0.25) is 0 Å². The van der Waals surface area contributed by atoms with Crippen LogP contribution in [0.2, 0.25) is 0 Å². The van der Waals surface area contributed by atoms with E-state index >= 15 is 0 Å². The zero-order valence-corrected chi connectivity index (χ0v) is 20.1. The van der Waals surface area contributed by atoms with E-state index in [1.54, 1.807) is 36.5 Å². The number of imidazole rings is 1. The number of aliphatic imine (C=N–C) groups is 1. The van der Waals surface area contributed by atoms with Gasteiger partial charge in [-0.1, -0.05) is 6.07 Å². The van der Waals surface area contributed by atoms with Gasteiger partial charge < -0.3 is 24.7 Å². The molecule has 3 rings (SSSR count). The van der Waals surface area contributed by atoms with Crippen molar-refractivity contribution in [2.24, 2.45) is 4.99 Å². The number of rotatable bonds is 8. The minimum absolute atomic E-state index is 0. The van der Waals surface area contributed by atoms with E-state index in [0.29, 0.717) is 42.8 Å². The standard InChI is InChI=1S/C22H26FN5O2.HI/c1-4-25-22(27-17-7-9-20(29-3)21(13-17)30-5-2)26-14-16-6-8-19(18(23)12-16)28-11-10-24-15-28;/h6-13,15H,4-5,14H2,1-3H3,(H2,25,26,27);1H. The number of aromatic nitrogens is 2. The molecule has 0 unspecified atom stereocenters. The Labute approximate surface area is 198 Å². The van der Waals surface area contributed by atoms with E-state index in [9.17, 15) is 4.39 Å². The number of guanidine groups is 1. The quantitative estimate of drug-likeness (QED) is 0.249. The Morgan fingerprint density at radius 3 is 2.65 bits per heavy atom. The molecule has 0 radical (unpaired) electrons. The van der Waals surface area contributed by atoms with Crippen molar-refractivity contribution < 1.29 is 13.9 Å². The molecule has 7 nitrogen and oxygen atoms in total. The number of anilines is 1. The average Bonchev–Trinajstić information content (AvgIpc) is 3.27. The molecule has 0 aliphatic carbocycles. The van der Waals surface area contributed by atoms with Crippen molar-refractivity contribution in [1.29, 1.82) is 0 Å². The summed E-state index contributed by atoms with van der Waals surface area (Å²) in [6, 6.07) is 10.6. The number of hydrogen-bond donors (Lipinski definition) is 2. The summed E-state index contributed by atoms with van der Waals surface area (Å²) in [6.07, 6.45) is 4.88. The fraction of sp³-hybridized carbons (Fsp3) is 0.273. The third-order valence-electron chi connectivity index (χ3n) is 4.28. The summed E-state index contributed by atoms with van der Waals surface area (Å²) in [5, 5.41) is 6.44. The van der Waals surface area contributed by atoms with Crippen LogP contribution in [0.15, 0.2) is 60.1 Å². The molecule has 0 saturated heterocycles. The van der Waals surface area contributed by atoms with Gasteiger partial charge in [0.25, 0.3) is 0 Å². The van der Waals surface area contributed by atoms with Gasteiger partial charge in [-0.05, 0) is 43.7 Å². The number of nitrogens with zero attached hydrogens (tertiary/aromatic N) is 3. The topological polar surface area (TPSA) is 72.7 Å². The van der Waals surface area contributed by atoms with Crippen LogP contribution in [0.25, 0.3) is 5.69 Å². The molecule has 0 spiro atoms. The molecule has 0 bridgehead atoms. The SMILES string of the molecule is CCNC(=NCc1ccc(-n2ccnc2)c(F)c1)Nc1ccc(OC)c(OCC)c1.I. The molecule has 0 amide bonds. The van der Waals surface area contributed by atoms with Gasteiger partial charge in [0.1, 0.15) is 5.82 Å². The molecular weight excluding hydrogens is 512 g/mol. The first kappa shape index (κ1) is 24.4. The maximum atomic E-state index is 14.5. The molecule has 0 fully saturated rings. The molecular formula is C22H27FIN5O2. The Hall–Kier alpha value is -2.82. The molecule has 1 aromatic heterocycles. The molecule has 0 aliphatic rings. The minimum atomic E-state index is -0.324. The second kappa shape index (κ2) is 12.1. The Bertz CT molecular complexity index is 996. The normalized spacial score (nSPS) is 10.9. The molecule has 2 N–H and O–H groups in total. The Balaban J connectivity index is 0.00000341. The molecule has 9 heteroatoms. The molecule has 166 valence electrons. The highest BCUT2D eigenvalue weighted by Gasteiger charge is 2.08. The van der Waals surface area contributed by atoms with Crippen molar-refractivity contribution in [3.8, 4) is 17.2 Å². The van der Waals surface area contributed by atoms with Crippen LogP contribution in [0.1, 0.15) is 19.4 Å². The van der Waals surface area contributed by atoms with Crippen LogP contribution in [-0.2, 0) is 6.54 Å². The lowest BCUT2D eigenvalue weighted by molar-refractivity contribution is 0.311. The van der Waals surface area contributed by atoms with E-state index < -0.39 is 0 Å². The lowest BCUT2D eigenvalue weighted by Crippen LogP contribution is -2.30. The second-order valence-corrected chi connectivity index (χ2v) is 6.37. The number of nitrogens with one attached hydrogen (secondary N) is 2. The number of halogens is 2. The van der Waals surface area contributed by atoms with Crippen molar-refractivity contribution in [3.05, 3.63) is 66.5 Å². The average molecular weight is 539 g/mol. The van der Waals surface area contributed by atoms with Gasteiger partial charge in [-0.15, -0.1) is 24.0 Å². The number of methoxy groups -OCH3 is 1. The Morgan fingerprint density at radius 1 is 1.16 bits per heavy atom.